The van der Waals surface area contributed by atoms with Crippen LogP contribution < -0.4 is 0 Å². The lowest BCUT2D eigenvalue weighted by Crippen LogP contribution is -1.84. The molecule has 0 aromatic carbocycles. The SMILES string of the molecule is OCc1ccncc1S. The van der Waals surface area contributed by atoms with Gasteiger partial charge in [-0.2, -0.15) is 0 Å². The van der Waals surface area contributed by atoms with E-state index in [-0.39, 0.29) is 6.61 Å². The van der Waals surface area contributed by atoms with E-state index in [1.165, 1.54) is 0 Å². The van der Waals surface area contributed by atoms with Crippen molar-refractivity contribution in [1.82, 2.24) is 4.98 Å². The minimum atomic E-state index is 0.0291. The molecule has 1 aromatic heterocycles. The average molecular weight is 141 g/mol. The van der Waals surface area contributed by atoms with Gasteiger partial charge in [0.15, 0.2) is 0 Å². The highest BCUT2D eigenvalue weighted by atomic mass is 32.1. The van der Waals surface area contributed by atoms with E-state index in [1.54, 1.807) is 18.5 Å². The van der Waals surface area contributed by atoms with Crippen LogP contribution in [-0.2, 0) is 6.61 Å². The number of thiol groups is 1. The molecule has 1 aromatic rings. The van der Waals surface area contributed by atoms with Crippen molar-refractivity contribution in [2.24, 2.45) is 0 Å². The van der Waals surface area contributed by atoms with Crippen molar-refractivity contribution in [3.63, 3.8) is 0 Å². The molecule has 0 amide bonds. The second-order valence-electron chi connectivity index (χ2n) is 1.66. The van der Waals surface area contributed by atoms with Gasteiger partial charge in [0.25, 0.3) is 0 Å². The summed E-state index contributed by atoms with van der Waals surface area (Å²) >= 11 is 4.06. The molecule has 0 aliphatic rings. The standard InChI is InChI=1S/C6H7NOS/c8-4-5-1-2-7-3-6(5)9/h1-3,8-9H,4H2. The Bertz CT molecular complexity index is 202. The fraction of sp³-hybridized carbons (Fsp3) is 0.167. The fourth-order valence-corrected chi connectivity index (χ4v) is 0.761. The minimum absolute atomic E-state index is 0.0291. The molecule has 0 atom stereocenters. The predicted octanol–water partition coefficient (Wildman–Crippen LogP) is 0.863. The van der Waals surface area contributed by atoms with Crippen LogP contribution in [-0.4, -0.2) is 10.1 Å². The third-order valence-electron chi connectivity index (χ3n) is 1.06. The fourth-order valence-electron chi connectivity index (χ4n) is 0.549. The molecule has 2 nitrogen and oxygen atoms in total. The number of aliphatic hydroxyl groups excluding tert-OH is 1. The zero-order chi connectivity index (χ0) is 6.69. The van der Waals surface area contributed by atoms with Gasteiger partial charge in [0.05, 0.1) is 6.61 Å². The van der Waals surface area contributed by atoms with Crippen LogP contribution in [0.15, 0.2) is 23.4 Å². The first kappa shape index (κ1) is 6.58. The predicted molar refractivity (Wildman–Crippen MR) is 37.4 cm³/mol. The lowest BCUT2D eigenvalue weighted by Gasteiger charge is -1.96. The van der Waals surface area contributed by atoms with Crippen LogP contribution in [0.3, 0.4) is 0 Å². The van der Waals surface area contributed by atoms with Crippen molar-refractivity contribution in [2.75, 3.05) is 0 Å². The first-order valence-corrected chi connectivity index (χ1v) is 3.02. The Morgan fingerprint density at radius 3 is 2.89 bits per heavy atom. The topological polar surface area (TPSA) is 33.1 Å². The second kappa shape index (κ2) is 2.85. The molecule has 0 fully saturated rings. The molecule has 0 aliphatic heterocycles. The maximum atomic E-state index is 8.64. The number of hydrogen-bond donors (Lipinski definition) is 2. The summed E-state index contributed by atoms with van der Waals surface area (Å²) in [7, 11) is 0. The number of aromatic nitrogens is 1. The molecular formula is C6H7NOS. The highest BCUT2D eigenvalue weighted by molar-refractivity contribution is 7.80. The van der Waals surface area contributed by atoms with E-state index in [0.717, 1.165) is 10.5 Å². The quantitative estimate of drug-likeness (QED) is 0.569. The Kier molecular flexibility index (Phi) is 2.08. The van der Waals surface area contributed by atoms with E-state index in [2.05, 4.69) is 17.6 Å². The van der Waals surface area contributed by atoms with Gasteiger partial charge in [0.2, 0.25) is 0 Å². The normalized spacial score (nSPS) is 9.56. The van der Waals surface area contributed by atoms with Gasteiger partial charge in [0, 0.05) is 17.3 Å². The summed E-state index contributed by atoms with van der Waals surface area (Å²) in [5.41, 5.74) is 0.813. The first-order valence-electron chi connectivity index (χ1n) is 2.57. The summed E-state index contributed by atoms with van der Waals surface area (Å²) in [6.45, 7) is 0.0291. The Morgan fingerprint density at radius 1 is 1.67 bits per heavy atom. The summed E-state index contributed by atoms with van der Waals surface area (Å²) in [4.78, 5) is 4.54. The Balaban J connectivity index is 3.01. The van der Waals surface area contributed by atoms with Crippen molar-refractivity contribution in [3.05, 3.63) is 24.0 Å². The Morgan fingerprint density at radius 2 is 2.44 bits per heavy atom. The first-order chi connectivity index (χ1) is 4.34. The number of aliphatic hydroxyl groups is 1. The van der Waals surface area contributed by atoms with Gasteiger partial charge < -0.3 is 5.11 Å². The van der Waals surface area contributed by atoms with Crippen molar-refractivity contribution in [2.45, 2.75) is 11.5 Å². The van der Waals surface area contributed by atoms with E-state index in [0.29, 0.717) is 0 Å². The van der Waals surface area contributed by atoms with Crippen LogP contribution in [0.5, 0.6) is 0 Å². The Labute approximate surface area is 59.0 Å². The molecule has 0 bridgehead atoms. The number of nitrogens with zero attached hydrogens (tertiary/aromatic N) is 1. The molecule has 9 heavy (non-hydrogen) atoms. The zero-order valence-electron chi connectivity index (χ0n) is 4.78. The molecule has 1 heterocycles. The smallest absolute Gasteiger partial charge is 0.0693 e. The highest BCUT2D eigenvalue weighted by Crippen LogP contribution is 2.09. The number of rotatable bonds is 1. The molecule has 1 N–H and O–H groups in total. The van der Waals surface area contributed by atoms with E-state index in [1.807, 2.05) is 0 Å². The molecular weight excluding hydrogens is 134 g/mol. The van der Waals surface area contributed by atoms with Crippen molar-refractivity contribution in [1.29, 1.82) is 0 Å². The van der Waals surface area contributed by atoms with E-state index >= 15 is 0 Å². The van der Waals surface area contributed by atoms with Gasteiger partial charge in [-0.1, -0.05) is 0 Å². The van der Waals surface area contributed by atoms with Crippen molar-refractivity contribution >= 4 is 12.6 Å². The maximum Gasteiger partial charge on any atom is 0.0693 e. The van der Waals surface area contributed by atoms with Crippen LogP contribution in [0.2, 0.25) is 0 Å². The van der Waals surface area contributed by atoms with E-state index in [4.69, 9.17) is 5.11 Å². The van der Waals surface area contributed by atoms with Crippen molar-refractivity contribution in [3.8, 4) is 0 Å². The summed E-state index contributed by atoms with van der Waals surface area (Å²) in [5.74, 6) is 0. The lowest BCUT2D eigenvalue weighted by molar-refractivity contribution is 0.279. The van der Waals surface area contributed by atoms with Crippen LogP contribution in [0.4, 0.5) is 0 Å². The van der Waals surface area contributed by atoms with Gasteiger partial charge >= 0.3 is 0 Å². The molecule has 0 radical (unpaired) electrons. The van der Waals surface area contributed by atoms with Crippen molar-refractivity contribution < 1.29 is 5.11 Å². The summed E-state index contributed by atoms with van der Waals surface area (Å²) in [5, 5.41) is 8.64. The van der Waals surface area contributed by atoms with Gasteiger partial charge in [-0.25, -0.2) is 0 Å². The third kappa shape index (κ3) is 1.43. The average Bonchev–Trinajstić information content (AvgIpc) is 1.89. The lowest BCUT2D eigenvalue weighted by atomic mass is 10.3. The molecule has 0 unspecified atom stereocenters. The molecule has 0 aliphatic carbocycles. The molecule has 0 saturated heterocycles. The summed E-state index contributed by atoms with van der Waals surface area (Å²) in [6, 6.07) is 1.74. The van der Waals surface area contributed by atoms with Crippen LogP contribution in [0, 0.1) is 0 Å². The second-order valence-corrected chi connectivity index (χ2v) is 2.14. The van der Waals surface area contributed by atoms with Gasteiger partial charge in [-0.3, -0.25) is 4.98 Å². The van der Waals surface area contributed by atoms with E-state index < -0.39 is 0 Å². The largest absolute Gasteiger partial charge is 0.392 e. The monoisotopic (exact) mass is 141 g/mol. The third-order valence-corrected chi connectivity index (χ3v) is 1.46. The Hall–Kier alpha value is -0.540. The van der Waals surface area contributed by atoms with Gasteiger partial charge in [-0.05, 0) is 11.6 Å². The van der Waals surface area contributed by atoms with Crippen LogP contribution in [0.1, 0.15) is 5.56 Å². The summed E-state index contributed by atoms with van der Waals surface area (Å²) < 4.78 is 0. The van der Waals surface area contributed by atoms with Gasteiger partial charge in [0.1, 0.15) is 0 Å². The van der Waals surface area contributed by atoms with Crippen LogP contribution in [0.25, 0.3) is 0 Å². The number of pyridine rings is 1. The molecule has 1 rings (SSSR count). The molecule has 3 heteroatoms. The molecule has 0 spiro atoms. The molecule has 48 valence electrons. The van der Waals surface area contributed by atoms with Crippen LogP contribution >= 0.6 is 12.6 Å². The minimum Gasteiger partial charge on any atom is -0.392 e. The van der Waals surface area contributed by atoms with Gasteiger partial charge in [-0.15, -0.1) is 12.6 Å². The zero-order valence-corrected chi connectivity index (χ0v) is 5.68. The maximum absolute atomic E-state index is 8.64. The number of hydrogen-bond acceptors (Lipinski definition) is 3. The highest BCUT2D eigenvalue weighted by Gasteiger charge is 1.92. The summed E-state index contributed by atoms with van der Waals surface area (Å²) in [6.07, 6.45) is 3.24. The van der Waals surface area contributed by atoms with E-state index in [9.17, 15) is 0 Å². The molecule has 0 saturated carbocycles.